The lowest BCUT2D eigenvalue weighted by Crippen LogP contribution is -2.18. The molecule has 5 nitrogen and oxygen atoms in total. The van der Waals surface area contributed by atoms with Gasteiger partial charge in [0, 0.05) is 17.0 Å². The molecular weight excluding hydrogens is 410 g/mol. The Bertz CT molecular complexity index is 1100. The Morgan fingerprint density at radius 1 is 1.03 bits per heavy atom. The lowest BCUT2D eigenvalue weighted by molar-refractivity contribution is -0.116. The van der Waals surface area contributed by atoms with Crippen molar-refractivity contribution in [2.24, 2.45) is 0 Å². The zero-order valence-electron chi connectivity index (χ0n) is 16.3. The number of aromatic nitrogens is 1. The maximum Gasteiger partial charge on any atom is 0.226 e. The van der Waals surface area contributed by atoms with Crippen LogP contribution in [-0.2, 0) is 26.8 Å². The highest BCUT2D eigenvalue weighted by Crippen LogP contribution is 2.23. The number of nitrogens with zero attached hydrogens (tertiary/aromatic N) is 1. The number of carbonyl (C=O) groups is 1. The predicted octanol–water partition coefficient (Wildman–Crippen LogP) is 4.73. The minimum Gasteiger partial charge on any atom is -0.441 e. The number of oxazole rings is 1. The van der Waals surface area contributed by atoms with Gasteiger partial charge in [0.15, 0.2) is 9.84 Å². The van der Waals surface area contributed by atoms with Crippen LogP contribution in [0.25, 0.3) is 11.5 Å². The molecule has 152 valence electrons. The van der Waals surface area contributed by atoms with Crippen LogP contribution in [0.3, 0.4) is 0 Å². The van der Waals surface area contributed by atoms with Crippen LogP contribution in [0.5, 0.6) is 0 Å². The molecule has 0 aliphatic heterocycles. The summed E-state index contributed by atoms with van der Waals surface area (Å²) < 4.78 is 30.6. The molecule has 0 amide bonds. The van der Waals surface area contributed by atoms with Crippen LogP contribution < -0.4 is 0 Å². The topological polar surface area (TPSA) is 77.2 Å². The summed E-state index contributed by atoms with van der Waals surface area (Å²) in [5.74, 6) is -0.326. The Kier molecular flexibility index (Phi) is 6.55. The predicted molar refractivity (Wildman–Crippen MR) is 114 cm³/mol. The molecule has 0 spiro atoms. The van der Waals surface area contributed by atoms with Gasteiger partial charge in [-0.25, -0.2) is 13.4 Å². The van der Waals surface area contributed by atoms with Crippen molar-refractivity contribution >= 4 is 27.2 Å². The van der Waals surface area contributed by atoms with E-state index >= 15 is 0 Å². The van der Waals surface area contributed by atoms with Gasteiger partial charge in [-0.1, -0.05) is 41.4 Å². The normalized spacial score (nSPS) is 11.6. The summed E-state index contributed by atoms with van der Waals surface area (Å²) in [5, 5.41) is 0.621. The first kappa shape index (κ1) is 21.3. The molecule has 0 saturated carbocycles. The van der Waals surface area contributed by atoms with E-state index in [4.69, 9.17) is 16.0 Å². The van der Waals surface area contributed by atoms with E-state index < -0.39 is 15.6 Å². The van der Waals surface area contributed by atoms with Crippen molar-refractivity contribution in [3.63, 3.8) is 0 Å². The summed E-state index contributed by atoms with van der Waals surface area (Å²) in [6.45, 7) is 3.66. The number of hydrogen-bond acceptors (Lipinski definition) is 5. The number of halogens is 1. The number of carbonyl (C=O) groups excluding carboxylic acids is 1. The lowest BCUT2D eigenvalue weighted by atomic mass is 10.1. The van der Waals surface area contributed by atoms with Crippen LogP contribution in [0, 0.1) is 13.8 Å². The van der Waals surface area contributed by atoms with Crippen molar-refractivity contribution in [2.75, 3.05) is 5.75 Å². The van der Waals surface area contributed by atoms with Crippen LogP contribution in [-0.4, -0.2) is 24.9 Å². The summed E-state index contributed by atoms with van der Waals surface area (Å²) >= 11 is 5.84. The Balaban J connectivity index is 1.62. The van der Waals surface area contributed by atoms with Crippen molar-refractivity contribution in [1.82, 2.24) is 4.98 Å². The van der Waals surface area contributed by atoms with E-state index in [1.54, 1.807) is 19.1 Å². The first-order chi connectivity index (χ1) is 13.7. The minimum absolute atomic E-state index is 0.160. The van der Waals surface area contributed by atoms with Gasteiger partial charge in [0.05, 0.1) is 11.4 Å². The third kappa shape index (κ3) is 6.02. The first-order valence-corrected chi connectivity index (χ1v) is 11.4. The summed E-state index contributed by atoms with van der Waals surface area (Å²) in [6.07, 6.45) is 0.638. The van der Waals surface area contributed by atoms with E-state index in [-0.39, 0.29) is 18.0 Å². The molecule has 29 heavy (non-hydrogen) atoms. The molecule has 0 bridgehead atoms. The van der Waals surface area contributed by atoms with Crippen molar-refractivity contribution in [1.29, 1.82) is 0 Å². The molecule has 0 unspecified atom stereocenters. The Morgan fingerprint density at radius 2 is 1.69 bits per heavy atom. The second-order valence-corrected chi connectivity index (χ2v) is 9.59. The minimum atomic E-state index is -3.64. The number of sulfone groups is 1. The summed E-state index contributed by atoms with van der Waals surface area (Å²) in [4.78, 5) is 16.5. The molecule has 0 N–H and O–H groups in total. The van der Waals surface area contributed by atoms with E-state index in [1.165, 1.54) is 0 Å². The molecule has 3 aromatic rings. The molecule has 1 aromatic heterocycles. The zero-order chi connectivity index (χ0) is 21.0. The molecule has 0 aliphatic rings. The molecule has 2 aromatic carbocycles. The quantitative estimate of drug-likeness (QED) is 0.515. The SMILES string of the molecule is Cc1ccc(-c2nc(CS(=O)(=O)CC(=O)CCc3ccc(Cl)cc3)c(C)o2)cc1. The molecule has 0 fully saturated rings. The third-order valence-corrected chi connectivity index (χ3v) is 6.26. The zero-order valence-corrected chi connectivity index (χ0v) is 17.9. The fourth-order valence-corrected chi connectivity index (χ4v) is 4.44. The molecule has 1 heterocycles. The molecule has 3 rings (SSSR count). The Hall–Kier alpha value is -2.44. The molecule has 0 radical (unpaired) electrons. The highest BCUT2D eigenvalue weighted by molar-refractivity contribution is 7.91. The van der Waals surface area contributed by atoms with E-state index in [0.717, 1.165) is 16.7 Å². The number of Topliss-reactive ketones (excluding diaryl/α,β-unsaturated/α-hetero) is 1. The average molecular weight is 432 g/mol. The maximum absolute atomic E-state index is 12.5. The number of hydrogen-bond donors (Lipinski definition) is 0. The second-order valence-electron chi connectivity index (χ2n) is 7.09. The van der Waals surface area contributed by atoms with Gasteiger partial charge in [0.1, 0.15) is 17.3 Å². The van der Waals surface area contributed by atoms with Crippen molar-refractivity contribution in [3.05, 3.63) is 76.1 Å². The fraction of sp³-hybridized carbons (Fsp3) is 0.273. The van der Waals surface area contributed by atoms with Gasteiger partial charge >= 0.3 is 0 Å². The highest BCUT2D eigenvalue weighted by Gasteiger charge is 2.22. The monoisotopic (exact) mass is 431 g/mol. The summed E-state index contributed by atoms with van der Waals surface area (Å²) in [5.41, 5.74) is 3.17. The third-order valence-electron chi connectivity index (χ3n) is 4.53. The highest BCUT2D eigenvalue weighted by atomic mass is 35.5. The van der Waals surface area contributed by atoms with Gasteiger partial charge in [0.25, 0.3) is 0 Å². The van der Waals surface area contributed by atoms with E-state index in [2.05, 4.69) is 4.98 Å². The smallest absolute Gasteiger partial charge is 0.226 e. The van der Waals surface area contributed by atoms with Crippen LogP contribution in [0.2, 0.25) is 5.02 Å². The van der Waals surface area contributed by atoms with Crippen molar-refractivity contribution in [2.45, 2.75) is 32.4 Å². The van der Waals surface area contributed by atoms with Crippen LogP contribution >= 0.6 is 11.6 Å². The van der Waals surface area contributed by atoms with Crippen molar-refractivity contribution in [3.8, 4) is 11.5 Å². The Morgan fingerprint density at radius 3 is 2.34 bits per heavy atom. The Labute approximate surface area is 175 Å². The number of ketones is 1. The molecule has 7 heteroatoms. The maximum atomic E-state index is 12.5. The van der Waals surface area contributed by atoms with Gasteiger partial charge in [-0.15, -0.1) is 0 Å². The summed E-state index contributed by atoms with van der Waals surface area (Å²) in [7, 11) is -3.64. The van der Waals surface area contributed by atoms with Gasteiger partial charge in [0.2, 0.25) is 5.89 Å². The number of benzene rings is 2. The molecular formula is C22H22ClNO4S. The summed E-state index contributed by atoms with van der Waals surface area (Å²) in [6, 6.07) is 14.8. The molecule has 0 aliphatic carbocycles. The van der Waals surface area contributed by atoms with E-state index in [9.17, 15) is 13.2 Å². The van der Waals surface area contributed by atoms with Crippen LogP contribution in [0.1, 0.15) is 29.0 Å². The van der Waals surface area contributed by atoms with E-state index in [0.29, 0.717) is 28.8 Å². The standard InChI is InChI=1S/C22H22ClNO4S/c1-15-3-8-18(9-4-15)22-24-21(16(2)28-22)14-29(26,27)13-20(25)12-7-17-5-10-19(23)11-6-17/h3-6,8-11H,7,12-14H2,1-2H3. The lowest BCUT2D eigenvalue weighted by Gasteiger charge is -2.04. The van der Waals surface area contributed by atoms with Gasteiger partial charge in [-0.3, -0.25) is 4.79 Å². The molecule has 0 atom stereocenters. The van der Waals surface area contributed by atoms with Crippen LogP contribution in [0.15, 0.2) is 52.9 Å². The van der Waals surface area contributed by atoms with Gasteiger partial charge in [-0.2, -0.15) is 0 Å². The fourth-order valence-electron chi connectivity index (χ4n) is 2.89. The van der Waals surface area contributed by atoms with Crippen molar-refractivity contribution < 1.29 is 17.6 Å². The van der Waals surface area contributed by atoms with E-state index in [1.807, 2.05) is 43.3 Å². The van der Waals surface area contributed by atoms with Gasteiger partial charge < -0.3 is 4.42 Å². The largest absolute Gasteiger partial charge is 0.441 e. The first-order valence-electron chi connectivity index (χ1n) is 9.22. The average Bonchev–Trinajstić information content (AvgIpc) is 3.01. The van der Waals surface area contributed by atoms with Gasteiger partial charge in [-0.05, 0) is 50.1 Å². The molecule has 0 saturated heterocycles. The number of rotatable bonds is 8. The second kappa shape index (κ2) is 8.93. The number of aryl methyl sites for hydroxylation is 3. The van der Waals surface area contributed by atoms with Crippen LogP contribution in [0.4, 0.5) is 0 Å².